The third-order valence-electron chi connectivity index (χ3n) is 8.67. The number of hydrogen-bond acceptors (Lipinski definition) is 4. The monoisotopic (exact) mass is 338 g/mol. The van der Waals surface area contributed by atoms with Crippen molar-refractivity contribution < 1.29 is 19.7 Å². The van der Waals surface area contributed by atoms with Gasteiger partial charge in [-0.25, -0.2) is 0 Å². The highest BCUT2D eigenvalue weighted by atomic mass is 16.6. The van der Waals surface area contributed by atoms with E-state index >= 15 is 0 Å². The molecule has 2 aliphatic heterocycles. The van der Waals surface area contributed by atoms with E-state index < -0.39 is 11.5 Å². The van der Waals surface area contributed by atoms with Crippen LogP contribution in [0.4, 0.5) is 0 Å². The molecule has 0 aromatic heterocycles. The zero-order chi connectivity index (χ0) is 17.2. The molecule has 4 rings (SSSR count). The first-order chi connectivity index (χ1) is 11.3. The van der Waals surface area contributed by atoms with Gasteiger partial charge in [0.1, 0.15) is 0 Å². The van der Waals surface area contributed by atoms with Gasteiger partial charge in [-0.05, 0) is 50.4 Å². The molecule has 138 valence electrons. The molecule has 24 heavy (non-hydrogen) atoms. The minimum Gasteiger partial charge on any atom is -0.396 e. The summed E-state index contributed by atoms with van der Waals surface area (Å²) >= 11 is 0. The molecule has 2 heterocycles. The fourth-order valence-electron chi connectivity index (χ4n) is 7.00. The smallest absolute Gasteiger partial charge is 0.0945 e. The van der Waals surface area contributed by atoms with Crippen LogP contribution in [0.2, 0.25) is 0 Å². The number of ether oxygens (including phenoxy) is 2. The normalized spacial score (nSPS) is 57.6. The summed E-state index contributed by atoms with van der Waals surface area (Å²) in [6.07, 6.45) is 6.78. The Morgan fingerprint density at radius 1 is 1.04 bits per heavy atom. The van der Waals surface area contributed by atoms with Crippen molar-refractivity contribution in [3.8, 4) is 0 Å². The topological polar surface area (TPSA) is 58.9 Å². The predicted octanol–water partition coefficient (Wildman–Crippen LogP) is 2.90. The zero-order valence-electron chi connectivity index (χ0n) is 15.5. The highest BCUT2D eigenvalue weighted by Crippen LogP contribution is 2.68. The second kappa shape index (κ2) is 5.42. The molecule has 7 atom stereocenters. The van der Waals surface area contributed by atoms with Crippen molar-refractivity contribution in [1.82, 2.24) is 0 Å². The number of aliphatic hydroxyl groups excluding tert-OH is 2. The Morgan fingerprint density at radius 3 is 2.50 bits per heavy atom. The van der Waals surface area contributed by atoms with Gasteiger partial charge >= 0.3 is 0 Å². The Bertz CT molecular complexity index is 502. The molecule has 4 aliphatic rings. The van der Waals surface area contributed by atoms with Gasteiger partial charge in [0.25, 0.3) is 0 Å². The minimum absolute atomic E-state index is 0.0213. The first-order valence-corrected chi connectivity index (χ1v) is 9.89. The van der Waals surface area contributed by atoms with Gasteiger partial charge in [-0.15, -0.1) is 0 Å². The largest absolute Gasteiger partial charge is 0.396 e. The Hall–Kier alpha value is -0.160. The van der Waals surface area contributed by atoms with Gasteiger partial charge in [-0.2, -0.15) is 0 Å². The SMILES string of the molecule is C[C@@H]1CCC2[C@](C)(CO)[C@@H](O)CC[C@]2(C)[C@]12CCC1(CCOC1)O2. The molecule has 0 aromatic carbocycles. The summed E-state index contributed by atoms with van der Waals surface area (Å²) in [5, 5.41) is 20.8. The molecule has 2 aliphatic carbocycles. The molecule has 2 saturated heterocycles. The molecule has 2 N–H and O–H groups in total. The molecule has 2 unspecified atom stereocenters. The van der Waals surface area contributed by atoms with Crippen LogP contribution >= 0.6 is 0 Å². The Labute approximate surface area is 145 Å². The average Bonchev–Trinajstić information content (AvgIpc) is 3.18. The van der Waals surface area contributed by atoms with E-state index in [2.05, 4.69) is 20.8 Å². The van der Waals surface area contributed by atoms with Crippen molar-refractivity contribution in [1.29, 1.82) is 0 Å². The van der Waals surface area contributed by atoms with Crippen LogP contribution in [0.5, 0.6) is 0 Å². The van der Waals surface area contributed by atoms with Crippen LogP contribution in [0, 0.1) is 22.7 Å². The average molecular weight is 338 g/mol. The van der Waals surface area contributed by atoms with Crippen LogP contribution in [-0.4, -0.2) is 47.3 Å². The lowest BCUT2D eigenvalue weighted by Crippen LogP contribution is -2.66. The van der Waals surface area contributed by atoms with E-state index in [4.69, 9.17) is 9.47 Å². The summed E-state index contributed by atoms with van der Waals surface area (Å²) in [5.41, 5.74) is -0.593. The van der Waals surface area contributed by atoms with E-state index in [0.717, 1.165) is 58.2 Å². The summed E-state index contributed by atoms with van der Waals surface area (Å²) in [4.78, 5) is 0. The van der Waals surface area contributed by atoms with Gasteiger partial charge in [0, 0.05) is 23.9 Å². The van der Waals surface area contributed by atoms with Crippen LogP contribution in [0.25, 0.3) is 0 Å². The summed E-state index contributed by atoms with van der Waals surface area (Å²) in [6.45, 7) is 8.46. The fraction of sp³-hybridized carbons (Fsp3) is 1.00. The van der Waals surface area contributed by atoms with Crippen molar-refractivity contribution >= 4 is 0 Å². The quantitative estimate of drug-likeness (QED) is 0.772. The molecule has 4 nitrogen and oxygen atoms in total. The van der Waals surface area contributed by atoms with Gasteiger partial charge in [0.2, 0.25) is 0 Å². The maximum Gasteiger partial charge on any atom is 0.0945 e. The molecule has 0 radical (unpaired) electrons. The molecule has 0 bridgehead atoms. The first kappa shape index (κ1) is 17.3. The number of hydrogen-bond donors (Lipinski definition) is 2. The lowest BCUT2D eigenvalue weighted by Gasteiger charge is -2.65. The molecule has 2 spiro atoms. The second-order valence-electron chi connectivity index (χ2n) is 9.64. The van der Waals surface area contributed by atoms with Crippen molar-refractivity contribution in [2.24, 2.45) is 22.7 Å². The van der Waals surface area contributed by atoms with Crippen LogP contribution < -0.4 is 0 Å². The van der Waals surface area contributed by atoms with E-state index in [0.29, 0.717) is 11.8 Å². The van der Waals surface area contributed by atoms with Gasteiger partial charge < -0.3 is 19.7 Å². The van der Waals surface area contributed by atoms with Crippen molar-refractivity contribution in [2.75, 3.05) is 19.8 Å². The number of fused-ring (bicyclic) bond motifs is 2. The molecule has 4 fully saturated rings. The molecule has 0 amide bonds. The van der Waals surface area contributed by atoms with E-state index in [9.17, 15) is 10.2 Å². The highest BCUT2D eigenvalue weighted by molar-refractivity contribution is 5.17. The number of aliphatic hydroxyl groups is 2. The van der Waals surface area contributed by atoms with E-state index in [1.54, 1.807) is 0 Å². The minimum atomic E-state index is -0.411. The molecular formula is C20H34O4. The van der Waals surface area contributed by atoms with Crippen LogP contribution in [0.3, 0.4) is 0 Å². The summed E-state index contributed by atoms with van der Waals surface area (Å²) in [7, 11) is 0. The fourth-order valence-corrected chi connectivity index (χ4v) is 7.00. The summed E-state index contributed by atoms with van der Waals surface area (Å²) < 4.78 is 12.7. The van der Waals surface area contributed by atoms with Crippen molar-refractivity contribution in [3.63, 3.8) is 0 Å². The van der Waals surface area contributed by atoms with Crippen molar-refractivity contribution in [2.45, 2.75) is 83.0 Å². The molecule has 0 aromatic rings. The molecule has 4 heteroatoms. The summed E-state index contributed by atoms with van der Waals surface area (Å²) in [6, 6.07) is 0. The van der Waals surface area contributed by atoms with Gasteiger partial charge in [-0.3, -0.25) is 0 Å². The second-order valence-corrected chi connectivity index (χ2v) is 9.64. The summed E-state index contributed by atoms with van der Waals surface area (Å²) in [5.74, 6) is 0.837. The predicted molar refractivity (Wildman–Crippen MR) is 91.6 cm³/mol. The third-order valence-corrected chi connectivity index (χ3v) is 8.67. The Kier molecular flexibility index (Phi) is 3.90. The number of rotatable bonds is 1. The zero-order valence-corrected chi connectivity index (χ0v) is 15.5. The van der Waals surface area contributed by atoms with E-state index in [1.165, 1.54) is 0 Å². The van der Waals surface area contributed by atoms with Crippen molar-refractivity contribution in [3.05, 3.63) is 0 Å². The highest BCUT2D eigenvalue weighted by Gasteiger charge is 2.69. The van der Waals surface area contributed by atoms with Gasteiger partial charge in [0.15, 0.2) is 0 Å². The first-order valence-electron chi connectivity index (χ1n) is 9.89. The maximum absolute atomic E-state index is 10.7. The van der Waals surface area contributed by atoms with Gasteiger partial charge in [0.05, 0.1) is 30.5 Å². The maximum atomic E-state index is 10.7. The van der Waals surface area contributed by atoms with Crippen LogP contribution in [-0.2, 0) is 9.47 Å². The van der Waals surface area contributed by atoms with E-state index in [-0.39, 0.29) is 23.2 Å². The van der Waals surface area contributed by atoms with Crippen LogP contribution in [0.15, 0.2) is 0 Å². The molecule has 2 saturated carbocycles. The Morgan fingerprint density at radius 2 is 1.83 bits per heavy atom. The van der Waals surface area contributed by atoms with Crippen LogP contribution in [0.1, 0.15) is 65.7 Å². The standard InChI is InChI=1S/C20H34O4/c1-14-4-5-15-17(2,12-21)16(22)6-7-18(15,3)20(14)9-8-19(24-20)10-11-23-13-19/h14-16,21-22H,4-13H2,1-3H3/t14-,15?,16+,17+,18+,19?,20+/m1/s1. The third kappa shape index (κ3) is 2.00. The Balaban J connectivity index is 1.74. The molecular weight excluding hydrogens is 304 g/mol. The lowest BCUT2D eigenvalue weighted by molar-refractivity contribution is -0.266. The van der Waals surface area contributed by atoms with Gasteiger partial charge in [-0.1, -0.05) is 20.8 Å². The van der Waals surface area contributed by atoms with E-state index in [1.807, 2.05) is 0 Å². The lowest BCUT2D eigenvalue weighted by atomic mass is 9.43.